The molecule has 1 N–H and O–H groups in total. The molecule has 1 aromatic carbocycles. The van der Waals surface area contributed by atoms with Crippen LogP contribution >= 0.6 is 0 Å². The molecule has 0 spiro atoms. The molecule has 2 heterocycles. The van der Waals surface area contributed by atoms with E-state index in [4.69, 9.17) is 0 Å². The van der Waals surface area contributed by atoms with Crippen LogP contribution in [0, 0.1) is 0 Å². The van der Waals surface area contributed by atoms with Crippen molar-refractivity contribution in [1.29, 1.82) is 0 Å². The van der Waals surface area contributed by atoms with Crippen molar-refractivity contribution < 1.29 is 18.0 Å². The molecule has 26 heavy (non-hydrogen) atoms. The first kappa shape index (κ1) is 17.7. The molecule has 0 radical (unpaired) electrons. The molecule has 0 aliphatic rings. The van der Waals surface area contributed by atoms with Gasteiger partial charge in [0.25, 0.3) is 11.5 Å². The Balaban J connectivity index is 2.02. The van der Waals surface area contributed by atoms with Crippen LogP contribution in [0.15, 0.2) is 59.5 Å². The molecule has 134 valence electrons. The Morgan fingerprint density at radius 2 is 1.85 bits per heavy atom. The van der Waals surface area contributed by atoms with Crippen LogP contribution in [-0.2, 0) is 7.05 Å². The van der Waals surface area contributed by atoms with Crippen molar-refractivity contribution >= 4 is 16.8 Å². The number of amides is 1. The number of carbonyl (C=O) groups excluding carboxylic acids is 1. The van der Waals surface area contributed by atoms with Crippen LogP contribution in [0.3, 0.4) is 0 Å². The van der Waals surface area contributed by atoms with Crippen molar-refractivity contribution in [3.8, 4) is 0 Å². The molecule has 5 nitrogen and oxygen atoms in total. The third-order valence-corrected chi connectivity index (χ3v) is 3.96. The quantitative estimate of drug-likeness (QED) is 0.780. The van der Waals surface area contributed by atoms with Crippen LogP contribution in [-0.4, -0.2) is 21.6 Å². The zero-order chi connectivity index (χ0) is 18.9. The molecule has 3 rings (SSSR count). The predicted molar refractivity (Wildman–Crippen MR) is 89.7 cm³/mol. The number of fused-ring (bicyclic) bond motifs is 1. The molecule has 8 heteroatoms. The van der Waals surface area contributed by atoms with Crippen molar-refractivity contribution in [3.63, 3.8) is 0 Å². The van der Waals surface area contributed by atoms with Crippen LogP contribution in [0.2, 0.25) is 0 Å². The molecule has 0 aliphatic heterocycles. The number of hydrogen-bond acceptors (Lipinski definition) is 3. The van der Waals surface area contributed by atoms with Gasteiger partial charge in [0.2, 0.25) is 0 Å². The fourth-order valence-corrected chi connectivity index (χ4v) is 2.66. The fraction of sp³-hybridized carbons (Fsp3) is 0.167. The number of para-hydroxylation sites is 1. The summed E-state index contributed by atoms with van der Waals surface area (Å²) in [6.07, 6.45) is -3.55. The monoisotopic (exact) mass is 361 g/mol. The lowest BCUT2D eigenvalue weighted by Gasteiger charge is -2.21. The Labute approximate surface area is 146 Å². The third-order valence-electron chi connectivity index (χ3n) is 3.96. The maximum absolute atomic E-state index is 13.4. The van der Waals surface area contributed by atoms with Gasteiger partial charge in [-0.05, 0) is 29.7 Å². The summed E-state index contributed by atoms with van der Waals surface area (Å²) in [5.74, 6) is -1.11. The third kappa shape index (κ3) is 3.30. The number of benzene rings is 1. The van der Waals surface area contributed by atoms with E-state index in [-0.39, 0.29) is 11.3 Å². The number of rotatable bonds is 3. The van der Waals surface area contributed by atoms with Crippen LogP contribution < -0.4 is 10.9 Å². The molecule has 3 aromatic rings. The number of pyridine rings is 2. The topological polar surface area (TPSA) is 64.0 Å². The summed E-state index contributed by atoms with van der Waals surface area (Å²) in [6.45, 7) is 0. The van der Waals surface area contributed by atoms with Crippen molar-refractivity contribution in [2.45, 2.75) is 12.2 Å². The van der Waals surface area contributed by atoms with E-state index in [1.165, 1.54) is 36.0 Å². The summed E-state index contributed by atoms with van der Waals surface area (Å²) in [5.41, 5.74) is -0.823. The largest absolute Gasteiger partial charge is 0.414 e. The van der Waals surface area contributed by atoms with E-state index in [0.717, 1.165) is 6.07 Å². The molecule has 0 fully saturated rings. The van der Waals surface area contributed by atoms with E-state index in [1.807, 2.05) is 5.32 Å². The zero-order valence-corrected chi connectivity index (χ0v) is 13.6. The molecule has 0 saturated carbocycles. The van der Waals surface area contributed by atoms with E-state index in [2.05, 4.69) is 4.98 Å². The molecular weight excluding hydrogens is 347 g/mol. The lowest BCUT2D eigenvalue weighted by molar-refractivity contribution is -0.156. The summed E-state index contributed by atoms with van der Waals surface area (Å²) in [5, 5.41) is 2.45. The van der Waals surface area contributed by atoms with Crippen molar-refractivity contribution in [3.05, 3.63) is 76.3 Å². The maximum Gasteiger partial charge on any atom is 0.414 e. The minimum atomic E-state index is -4.76. The SMILES string of the molecule is Cn1c(=O)c(C(=O)NC(c2ccccn2)C(F)(F)F)cc2ccccc21. The van der Waals surface area contributed by atoms with Crippen molar-refractivity contribution in [2.24, 2.45) is 7.05 Å². The number of halogens is 3. The Hall–Kier alpha value is -3.16. The minimum Gasteiger partial charge on any atom is -0.335 e. The molecule has 2 aromatic heterocycles. The highest BCUT2D eigenvalue weighted by Crippen LogP contribution is 2.31. The zero-order valence-electron chi connectivity index (χ0n) is 13.6. The van der Waals surface area contributed by atoms with Gasteiger partial charge in [-0.25, -0.2) is 0 Å². The summed E-state index contributed by atoms with van der Waals surface area (Å²) in [4.78, 5) is 28.5. The van der Waals surface area contributed by atoms with E-state index in [1.54, 1.807) is 24.3 Å². The van der Waals surface area contributed by atoms with Crippen LogP contribution in [0.4, 0.5) is 13.2 Å². The normalized spacial score (nSPS) is 12.8. The second-order valence-corrected chi connectivity index (χ2v) is 5.68. The summed E-state index contributed by atoms with van der Waals surface area (Å²) < 4.78 is 41.4. The van der Waals surface area contributed by atoms with Gasteiger partial charge >= 0.3 is 6.18 Å². The van der Waals surface area contributed by atoms with Crippen LogP contribution in [0.5, 0.6) is 0 Å². The van der Waals surface area contributed by atoms with Gasteiger partial charge in [-0.1, -0.05) is 24.3 Å². The highest BCUT2D eigenvalue weighted by atomic mass is 19.4. The Kier molecular flexibility index (Phi) is 4.50. The second-order valence-electron chi connectivity index (χ2n) is 5.68. The smallest absolute Gasteiger partial charge is 0.335 e. The number of aromatic nitrogens is 2. The van der Waals surface area contributed by atoms with E-state index < -0.39 is 23.7 Å². The summed E-state index contributed by atoms with van der Waals surface area (Å²) >= 11 is 0. The van der Waals surface area contributed by atoms with Crippen molar-refractivity contribution in [2.75, 3.05) is 0 Å². The van der Waals surface area contributed by atoms with Crippen LogP contribution in [0.25, 0.3) is 10.9 Å². The lowest BCUT2D eigenvalue weighted by Crippen LogP contribution is -2.41. The highest BCUT2D eigenvalue weighted by Gasteiger charge is 2.43. The Morgan fingerprint density at radius 1 is 1.15 bits per heavy atom. The molecule has 1 amide bonds. The average molecular weight is 361 g/mol. The van der Waals surface area contributed by atoms with Gasteiger partial charge in [0, 0.05) is 13.2 Å². The van der Waals surface area contributed by atoms with Gasteiger partial charge < -0.3 is 9.88 Å². The van der Waals surface area contributed by atoms with Gasteiger partial charge in [-0.15, -0.1) is 0 Å². The number of nitrogens with zero attached hydrogens (tertiary/aromatic N) is 2. The second kappa shape index (κ2) is 6.62. The average Bonchev–Trinajstić information content (AvgIpc) is 2.62. The first-order valence-corrected chi connectivity index (χ1v) is 7.66. The van der Waals surface area contributed by atoms with Crippen molar-refractivity contribution in [1.82, 2.24) is 14.9 Å². The number of alkyl halides is 3. The fourth-order valence-electron chi connectivity index (χ4n) is 2.66. The van der Waals surface area contributed by atoms with E-state index >= 15 is 0 Å². The van der Waals surface area contributed by atoms with Gasteiger partial charge in [-0.2, -0.15) is 13.2 Å². The lowest BCUT2D eigenvalue weighted by atomic mass is 10.1. The van der Waals surface area contributed by atoms with E-state index in [9.17, 15) is 22.8 Å². The first-order chi connectivity index (χ1) is 12.3. The Morgan fingerprint density at radius 3 is 2.50 bits per heavy atom. The van der Waals surface area contributed by atoms with Gasteiger partial charge in [0.05, 0.1) is 11.2 Å². The van der Waals surface area contributed by atoms with Gasteiger partial charge in [-0.3, -0.25) is 14.6 Å². The molecule has 1 unspecified atom stereocenters. The van der Waals surface area contributed by atoms with Gasteiger partial charge in [0.15, 0.2) is 6.04 Å². The number of aryl methyl sites for hydroxylation is 1. The number of nitrogens with one attached hydrogen (secondary N) is 1. The predicted octanol–water partition coefficient (Wildman–Crippen LogP) is 2.97. The number of hydrogen-bond donors (Lipinski definition) is 1. The summed E-state index contributed by atoms with van der Waals surface area (Å²) in [6, 6.07) is 9.79. The van der Waals surface area contributed by atoms with Crippen LogP contribution in [0.1, 0.15) is 22.1 Å². The minimum absolute atomic E-state index is 0.356. The molecule has 0 aliphatic carbocycles. The standard InChI is InChI=1S/C18H14F3N3O2/c1-24-14-8-3-2-6-11(14)10-12(17(24)26)16(25)23-15(18(19,20)21)13-7-4-5-9-22-13/h2-10,15H,1H3,(H,23,25). The molecule has 1 atom stereocenters. The van der Waals surface area contributed by atoms with Gasteiger partial charge in [0.1, 0.15) is 5.56 Å². The molecule has 0 saturated heterocycles. The highest BCUT2D eigenvalue weighted by molar-refractivity contribution is 5.97. The maximum atomic E-state index is 13.4. The molecular formula is C18H14F3N3O2. The molecule has 0 bridgehead atoms. The van der Waals surface area contributed by atoms with E-state index in [0.29, 0.717) is 10.9 Å². The Bertz CT molecular complexity index is 1010. The number of carbonyl (C=O) groups is 1. The summed E-state index contributed by atoms with van der Waals surface area (Å²) in [7, 11) is 1.46. The first-order valence-electron chi connectivity index (χ1n) is 7.66.